The molecule has 0 saturated heterocycles. The number of anilines is 1. The van der Waals surface area contributed by atoms with Crippen LogP contribution in [-0.4, -0.2) is 22.6 Å². The first-order valence-corrected chi connectivity index (χ1v) is 10.7. The molecule has 0 fully saturated rings. The van der Waals surface area contributed by atoms with Crippen molar-refractivity contribution >= 4 is 23.5 Å². The van der Waals surface area contributed by atoms with Crippen LogP contribution in [0.25, 0.3) is 0 Å². The van der Waals surface area contributed by atoms with Crippen LogP contribution in [0.3, 0.4) is 0 Å². The van der Waals surface area contributed by atoms with E-state index in [0.717, 1.165) is 11.1 Å². The molecule has 4 rings (SSSR count). The average Bonchev–Trinajstić information content (AvgIpc) is 2.74. The number of ether oxygens (including phenoxy) is 1. The molecular formula is C23H23N3O3S. The van der Waals surface area contributed by atoms with Gasteiger partial charge in [-0.3, -0.25) is 9.59 Å². The Hall–Kier alpha value is -3.06. The number of methoxy groups -OCH3 is 1. The number of rotatable bonds is 5. The summed E-state index contributed by atoms with van der Waals surface area (Å²) in [5.41, 5.74) is 3.43. The van der Waals surface area contributed by atoms with E-state index in [4.69, 9.17) is 4.74 Å². The van der Waals surface area contributed by atoms with Gasteiger partial charge in [0.2, 0.25) is 5.91 Å². The molecule has 0 saturated carbocycles. The summed E-state index contributed by atoms with van der Waals surface area (Å²) < 4.78 is 7.12. The number of thioether (sulfide) groups is 1. The molecule has 0 radical (unpaired) electrons. The smallest absolute Gasteiger partial charge is 0.279 e. The molecule has 2 heterocycles. The van der Waals surface area contributed by atoms with Gasteiger partial charge in [-0.2, -0.15) is 4.98 Å². The second-order valence-corrected chi connectivity index (χ2v) is 8.32. The molecule has 6 nitrogen and oxygen atoms in total. The van der Waals surface area contributed by atoms with Crippen LogP contribution in [0.5, 0.6) is 5.75 Å². The molecule has 7 heteroatoms. The number of aromatic nitrogens is 2. The minimum atomic E-state index is -0.356. The minimum Gasteiger partial charge on any atom is -0.497 e. The van der Waals surface area contributed by atoms with Crippen molar-refractivity contribution in [2.24, 2.45) is 7.05 Å². The van der Waals surface area contributed by atoms with Gasteiger partial charge >= 0.3 is 0 Å². The number of hydrogen-bond donors (Lipinski definition) is 1. The Bertz CT molecular complexity index is 1170. The molecule has 1 amide bonds. The topological polar surface area (TPSA) is 73.2 Å². The van der Waals surface area contributed by atoms with Crippen molar-refractivity contribution in [2.75, 3.05) is 12.4 Å². The first kappa shape index (κ1) is 20.2. The Balaban J connectivity index is 1.72. The molecular weight excluding hydrogens is 398 g/mol. The number of benzene rings is 2. The molecule has 154 valence electrons. The largest absolute Gasteiger partial charge is 0.497 e. The lowest BCUT2D eigenvalue weighted by Crippen LogP contribution is -2.33. The summed E-state index contributed by atoms with van der Waals surface area (Å²) in [6, 6.07) is 15.7. The predicted molar refractivity (Wildman–Crippen MR) is 118 cm³/mol. The van der Waals surface area contributed by atoms with Crippen LogP contribution in [0, 0.1) is 6.92 Å². The average molecular weight is 422 g/mol. The lowest BCUT2D eigenvalue weighted by molar-refractivity contribution is -0.116. The summed E-state index contributed by atoms with van der Waals surface area (Å²) in [6.07, 6.45) is 0.201. The van der Waals surface area contributed by atoms with E-state index in [9.17, 15) is 9.59 Å². The second-order valence-electron chi connectivity index (χ2n) is 7.38. The van der Waals surface area contributed by atoms with E-state index in [2.05, 4.69) is 35.4 Å². The maximum atomic E-state index is 13.0. The highest BCUT2D eigenvalue weighted by Crippen LogP contribution is 2.37. The van der Waals surface area contributed by atoms with E-state index in [1.807, 2.05) is 37.4 Å². The summed E-state index contributed by atoms with van der Waals surface area (Å²) in [7, 11) is 3.43. The second kappa shape index (κ2) is 8.36. The van der Waals surface area contributed by atoms with Gasteiger partial charge in [0.15, 0.2) is 5.16 Å². The van der Waals surface area contributed by atoms with Gasteiger partial charge in [0.1, 0.15) is 11.6 Å². The van der Waals surface area contributed by atoms with Gasteiger partial charge in [0, 0.05) is 25.1 Å². The maximum absolute atomic E-state index is 13.0. The quantitative estimate of drug-likeness (QED) is 0.500. The summed E-state index contributed by atoms with van der Waals surface area (Å²) in [5.74, 6) is 1.42. The highest BCUT2D eigenvalue weighted by atomic mass is 32.2. The Labute approximate surface area is 179 Å². The number of nitrogens with zero attached hydrogens (tertiary/aromatic N) is 2. The number of carbonyl (C=O) groups is 1. The van der Waals surface area contributed by atoms with Crippen LogP contribution in [0.2, 0.25) is 0 Å². The molecule has 1 aliphatic heterocycles. The van der Waals surface area contributed by atoms with Crippen LogP contribution >= 0.6 is 11.8 Å². The number of nitrogens with one attached hydrogen (secondary N) is 1. The number of amides is 1. The van der Waals surface area contributed by atoms with Gasteiger partial charge in [0.05, 0.1) is 12.7 Å². The normalized spacial score (nSPS) is 15.4. The lowest BCUT2D eigenvalue weighted by atomic mass is 9.86. The molecule has 1 N–H and O–H groups in total. The van der Waals surface area contributed by atoms with E-state index in [0.29, 0.717) is 28.0 Å². The first-order valence-electron chi connectivity index (χ1n) is 9.69. The summed E-state index contributed by atoms with van der Waals surface area (Å²) in [5, 5.41) is 3.46. The first-order chi connectivity index (χ1) is 14.5. The van der Waals surface area contributed by atoms with Crippen LogP contribution < -0.4 is 15.6 Å². The molecule has 2 aromatic carbocycles. The fourth-order valence-electron chi connectivity index (χ4n) is 3.76. The molecule has 0 spiro atoms. The summed E-state index contributed by atoms with van der Waals surface area (Å²) >= 11 is 1.48. The Morgan fingerprint density at radius 3 is 2.77 bits per heavy atom. The molecule has 0 aliphatic carbocycles. The third-order valence-corrected chi connectivity index (χ3v) is 6.35. The zero-order valence-corrected chi connectivity index (χ0v) is 18.0. The van der Waals surface area contributed by atoms with Crippen molar-refractivity contribution in [1.82, 2.24) is 9.55 Å². The Kier molecular flexibility index (Phi) is 5.63. The number of aryl methyl sites for hydroxylation is 1. The predicted octanol–water partition coefficient (Wildman–Crippen LogP) is 3.86. The zero-order valence-electron chi connectivity index (χ0n) is 17.1. The summed E-state index contributed by atoms with van der Waals surface area (Å²) in [4.78, 5) is 29.9. The molecule has 1 atom stereocenters. The van der Waals surface area contributed by atoms with Crippen molar-refractivity contribution in [2.45, 2.75) is 30.2 Å². The van der Waals surface area contributed by atoms with Gasteiger partial charge in [-0.05, 0) is 30.2 Å². The SMILES string of the molecule is COc1cccc(C2CC(=O)Nc3c2c(=O)nc(SCc2cccc(C)c2)n3C)c1. The molecule has 0 bridgehead atoms. The van der Waals surface area contributed by atoms with E-state index in [-0.39, 0.29) is 23.8 Å². The Morgan fingerprint density at radius 2 is 2.00 bits per heavy atom. The number of fused-ring (bicyclic) bond motifs is 1. The van der Waals surface area contributed by atoms with E-state index < -0.39 is 0 Å². The molecule has 1 aliphatic rings. The highest BCUT2D eigenvalue weighted by Gasteiger charge is 2.32. The van der Waals surface area contributed by atoms with Crippen LogP contribution in [0.15, 0.2) is 58.5 Å². The molecule has 1 aromatic heterocycles. The van der Waals surface area contributed by atoms with Gasteiger partial charge in [-0.25, -0.2) is 0 Å². The lowest BCUT2D eigenvalue weighted by Gasteiger charge is -2.27. The minimum absolute atomic E-state index is 0.119. The van der Waals surface area contributed by atoms with Crippen molar-refractivity contribution in [1.29, 1.82) is 0 Å². The zero-order chi connectivity index (χ0) is 21.3. The van der Waals surface area contributed by atoms with E-state index >= 15 is 0 Å². The number of hydrogen-bond acceptors (Lipinski definition) is 5. The maximum Gasteiger partial charge on any atom is 0.279 e. The van der Waals surface area contributed by atoms with E-state index in [1.54, 1.807) is 11.7 Å². The van der Waals surface area contributed by atoms with Gasteiger partial charge < -0.3 is 14.6 Å². The molecule has 3 aromatic rings. The number of carbonyl (C=O) groups excluding carboxylic acids is 1. The standard InChI is InChI=1S/C23H23N3O3S/c1-14-6-4-7-15(10-14)13-30-23-25-22(28)20-18(12-19(27)24-21(20)26(23)2)16-8-5-9-17(11-16)29-3/h4-11,18H,12-13H2,1-3H3,(H,24,27). The van der Waals surface area contributed by atoms with Crippen molar-refractivity contribution in [3.8, 4) is 5.75 Å². The Morgan fingerprint density at radius 1 is 1.20 bits per heavy atom. The van der Waals surface area contributed by atoms with E-state index in [1.165, 1.54) is 17.3 Å². The van der Waals surface area contributed by atoms with Crippen molar-refractivity contribution < 1.29 is 9.53 Å². The van der Waals surface area contributed by atoms with Crippen LogP contribution in [0.1, 0.15) is 34.6 Å². The van der Waals surface area contributed by atoms with Crippen molar-refractivity contribution in [3.63, 3.8) is 0 Å². The van der Waals surface area contributed by atoms with Gasteiger partial charge in [-0.15, -0.1) is 0 Å². The van der Waals surface area contributed by atoms with Gasteiger partial charge in [-0.1, -0.05) is 53.7 Å². The van der Waals surface area contributed by atoms with Gasteiger partial charge in [0.25, 0.3) is 5.56 Å². The summed E-state index contributed by atoms with van der Waals surface area (Å²) in [6.45, 7) is 2.05. The van der Waals surface area contributed by atoms with Crippen LogP contribution in [0.4, 0.5) is 5.82 Å². The molecule has 1 unspecified atom stereocenters. The molecule has 30 heavy (non-hydrogen) atoms. The van der Waals surface area contributed by atoms with Crippen LogP contribution in [-0.2, 0) is 17.6 Å². The third-order valence-electron chi connectivity index (χ3n) is 5.25. The third kappa shape index (κ3) is 3.98. The fraction of sp³-hybridized carbons (Fsp3) is 0.261. The monoisotopic (exact) mass is 421 g/mol. The fourth-order valence-corrected chi connectivity index (χ4v) is 4.66. The van der Waals surface area contributed by atoms with Crippen molar-refractivity contribution in [3.05, 3.63) is 81.1 Å². The highest BCUT2D eigenvalue weighted by molar-refractivity contribution is 7.98.